The van der Waals surface area contributed by atoms with Gasteiger partial charge in [0.05, 0.1) is 0 Å². The molecule has 0 N–H and O–H groups in total. The molecular weight excluding hydrogens is 220 g/mol. The van der Waals surface area contributed by atoms with Crippen LogP contribution in [-0.2, 0) is 4.79 Å². The van der Waals surface area contributed by atoms with Crippen LogP contribution in [0.2, 0.25) is 0 Å². The lowest BCUT2D eigenvalue weighted by Crippen LogP contribution is -2.09. The Kier molecular flexibility index (Phi) is 3.73. The molecule has 0 saturated carbocycles. The predicted octanol–water partition coefficient (Wildman–Crippen LogP) is 3.96. The molecule has 0 heterocycles. The summed E-state index contributed by atoms with van der Waals surface area (Å²) in [5.74, 6) is -0.0161. The van der Waals surface area contributed by atoms with E-state index in [9.17, 15) is 4.79 Å². The molecule has 0 amide bonds. The van der Waals surface area contributed by atoms with E-state index in [-0.39, 0.29) is 11.7 Å². The van der Waals surface area contributed by atoms with Gasteiger partial charge in [-0.1, -0.05) is 67.2 Å². The molecular formula is C17H16O. The van der Waals surface area contributed by atoms with Crippen molar-refractivity contribution in [3.8, 4) is 0 Å². The first-order valence-corrected chi connectivity index (χ1v) is 6.00. The van der Waals surface area contributed by atoms with Gasteiger partial charge in [0.2, 0.25) is 0 Å². The third-order valence-electron chi connectivity index (χ3n) is 3.07. The number of carbonyl (C=O) groups is 1. The number of ketones is 1. The van der Waals surface area contributed by atoms with Crippen LogP contribution in [0.5, 0.6) is 0 Å². The van der Waals surface area contributed by atoms with E-state index < -0.39 is 0 Å². The maximum Gasteiger partial charge on any atom is 0.156 e. The fourth-order valence-electron chi connectivity index (χ4n) is 2.09. The van der Waals surface area contributed by atoms with Crippen LogP contribution in [0.15, 0.2) is 72.8 Å². The number of hydrogen-bond acceptors (Lipinski definition) is 1. The number of carbonyl (C=O) groups excluding carboxylic acids is 1. The van der Waals surface area contributed by atoms with Gasteiger partial charge in [-0.25, -0.2) is 0 Å². The zero-order valence-corrected chi connectivity index (χ0v) is 10.5. The summed E-state index contributed by atoms with van der Waals surface area (Å²) in [6.45, 7) is 5.53. The van der Waals surface area contributed by atoms with Crippen molar-refractivity contribution in [2.75, 3.05) is 0 Å². The molecule has 2 aromatic rings. The molecule has 0 unspecified atom stereocenters. The first kappa shape index (κ1) is 12.3. The summed E-state index contributed by atoms with van der Waals surface area (Å²) in [4.78, 5) is 11.6. The minimum absolute atomic E-state index is 0.0349. The lowest BCUT2D eigenvalue weighted by Gasteiger charge is -2.19. The Bertz CT molecular complexity index is 501. The van der Waals surface area contributed by atoms with E-state index >= 15 is 0 Å². The Labute approximate surface area is 108 Å². The second-order valence-corrected chi connectivity index (χ2v) is 4.34. The molecule has 1 heteroatoms. The molecule has 0 bridgehead atoms. The lowest BCUT2D eigenvalue weighted by atomic mass is 9.84. The van der Waals surface area contributed by atoms with Crippen molar-refractivity contribution in [2.24, 2.45) is 0 Å². The summed E-state index contributed by atoms with van der Waals surface area (Å²) >= 11 is 0. The second-order valence-electron chi connectivity index (χ2n) is 4.34. The first-order chi connectivity index (χ1) is 8.70. The van der Waals surface area contributed by atoms with Crippen LogP contribution in [0.4, 0.5) is 0 Å². The molecule has 0 saturated heterocycles. The average Bonchev–Trinajstić information content (AvgIpc) is 2.41. The summed E-state index contributed by atoms with van der Waals surface area (Å²) in [5, 5.41) is 0. The normalized spacial score (nSPS) is 10.3. The highest BCUT2D eigenvalue weighted by atomic mass is 16.1. The largest absolute Gasteiger partial charge is 0.295 e. The smallest absolute Gasteiger partial charge is 0.156 e. The van der Waals surface area contributed by atoms with E-state index in [1.807, 2.05) is 60.7 Å². The van der Waals surface area contributed by atoms with Crippen molar-refractivity contribution in [3.63, 3.8) is 0 Å². The zero-order chi connectivity index (χ0) is 13.0. The highest BCUT2D eigenvalue weighted by Gasteiger charge is 2.19. The van der Waals surface area contributed by atoms with Crippen molar-refractivity contribution >= 4 is 5.78 Å². The standard InChI is InChI=1S/C17H16O/c1-13(14(2)18)17(15-9-5-3-6-10-15)16-11-7-4-8-12-16/h3-12,17H,1H2,2H3. The molecule has 90 valence electrons. The monoisotopic (exact) mass is 236 g/mol. The third-order valence-corrected chi connectivity index (χ3v) is 3.07. The quantitative estimate of drug-likeness (QED) is 0.734. The van der Waals surface area contributed by atoms with Gasteiger partial charge < -0.3 is 0 Å². The van der Waals surface area contributed by atoms with Gasteiger partial charge in [-0.3, -0.25) is 4.79 Å². The SMILES string of the molecule is C=C(C(C)=O)C(c1ccccc1)c1ccccc1. The van der Waals surface area contributed by atoms with Crippen LogP contribution in [0.25, 0.3) is 0 Å². The Balaban J connectivity index is 2.48. The second kappa shape index (κ2) is 5.46. The highest BCUT2D eigenvalue weighted by molar-refractivity contribution is 5.95. The van der Waals surface area contributed by atoms with Crippen molar-refractivity contribution < 1.29 is 4.79 Å². The van der Waals surface area contributed by atoms with Gasteiger partial charge in [-0.15, -0.1) is 0 Å². The van der Waals surface area contributed by atoms with Gasteiger partial charge in [0.15, 0.2) is 5.78 Å². The van der Waals surface area contributed by atoms with Crippen LogP contribution < -0.4 is 0 Å². The molecule has 0 spiro atoms. The Morgan fingerprint density at radius 3 is 1.61 bits per heavy atom. The maximum absolute atomic E-state index is 11.6. The first-order valence-electron chi connectivity index (χ1n) is 6.00. The minimum atomic E-state index is -0.0510. The lowest BCUT2D eigenvalue weighted by molar-refractivity contribution is -0.113. The minimum Gasteiger partial charge on any atom is -0.295 e. The molecule has 18 heavy (non-hydrogen) atoms. The van der Waals surface area contributed by atoms with E-state index in [0.29, 0.717) is 5.57 Å². The molecule has 0 radical (unpaired) electrons. The van der Waals surface area contributed by atoms with Gasteiger partial charge in [-0.05, 0) is 23.6 Å². The summed E-state index contributed by atoms with van der Waals surface area (Å²) < 4.78 is 0. The fourth-order valence-corrected chi connectivity index (χ4v) is 2.09. The predicted molar refractivity (Wildman–Crippen MR) is 74.5 cm³/mol. The summed E-state index contributed by atoms with van der Waals surface area (Å²) in [7, 11) is 0. The third kappa shape index (κ3) is 2.57. The number of allylic oxidation sites excluding steroid dienone is 1. The number of rotatable bonds is 4. The van der Waals surface area contributed by atoms with Crippen LogP contribution in [-0.4, -0.2) is 5.78 Å². The van der Waals surface area contributed by atoms with Gasteiger partial charge in [0.1, 0.15) is 0 Å². The highest BCUT2D eigenvalue weighted by Crippen LogP contribution is 2.31. The van der Waals surface area contributed by atoms with Crippen molar-refractivity contribution in [1.29, 1.82) is 0 Å². The zero-order valence-electron chi connectivity index (χ0n) is 10.5. The van der Waals surface area contributed by atoms with Gasteiger partial charge >= 0.3 is 0 Å². The average molecular weight is 236 g/mol. The van der Waals surface area contributed by atoms with Gasteiger partial charge in [0, 0.05) is 5.92 Å². The Morgan fingerprint density at radius 1 is 0.889 bits per heavy atom. The van der Waals surface area contributed by atoms with Crippen LogP contribution in [0, 0.1) is 0 Å². The molecule has 0 aromatic heterocycles. The number of hydrogen-bond donors (Lipinski definition) is 0. The number of benzene rings is 2. The van der Waals surface area contributed by atoms with Gasteiger partial charge in [-0.2, -0.15) is 0 Å². The topological polar surface area (TPSA) is 17.1 Å². The van der Waals surface area contributed by atoms with Crippen LogP contribution in [0.3, 0.4) is 0 Å². The molecule has 0 atom stereocenters. The maximum atomic E-state index is 11.6. The molecule has 2 aromatic carbocycles. The summed E-state index contributed by atoms with van der Waals surface area (Å²) in [5.41, 5.74) is 2.83. The summed E-state index contributed by atoms with van der Waals surface area (Å²) in [6, 6.07) is 20.0. The Morgan fingerprint density at radius 2 is 1.28 bits per heavy atom. The summed E-state index contributed by atoms with van der Waals surface area (Å²) in [6.07, 6.45) is 0. The molecule has 0 fully saturated rings. The van der Waals surface area contributed by atoms with E-state index in [4.69, 9.17) is 0 Å². The molecule has 1 nitrogen and oxygen atoms in total. The van der Waals surface area contributed by atoms with Gasteiger partial charge in [0.25, 0.3) is 0 Å². The Hall–Kier alpha value is -2.15. The van der Waals surface area contributed by atoms with E-state index in [1.165, 1.54) is 0 Å². The molecule has 0 aliphatic carbocycles. The van der Waals surface area contributed by atoms with Crippen molar-refractivity contribution in [2.45, 2.75) is 12.8 Å². The number of Topliss-reactive ketones (excluding diaryl/α,β-unsaturated/α-hetero) is 1. The van der Waals surface area contributed by atoms with E-state index in [2.05, 4.69) is 6.58 Å². The van der Waals surface area contributed by atoms with Crippen LogP contribution >= 0.6 is 0 Å². The van der Waals surface area contributed by atoms with Crippen molar-refractivity contribution in [1.82, 2.24) is 0 Å². The molecule has 0 aliphatic rings. The van der Waals surface area contributed by atoms with Crippen LogP contribution in [0.1, 0.15) is 24.0 Å². The molecule has 0 aliphatic heterocycles. The van der Waals surface area contributed by atoms with Crippen molar-refractivity contribution in [3.05, 3.63) is 83.9 Å². The fraction of sp³-hybridized carbons (Fsp3) is 0.118. The van der Waals surface area contributed by atoms with E-state index in [0.717, 1.165) is 11.1 Å². The van der Waals surface area contributed by atoms with E-state index in [1.54, 1.807) is 6.92 Å². The molecule has 2 rings (SSSR count).